The Hall–Kier alpha value is -2.12. The zero-order chi connectivity index (χ0) is 23.0. The SMILES string of the molecule is c1ccc2c(c1)N(CCCOC1CCCCO1)c1ccccc1N2CCCOC1CCCCO1. The Kier molecular flexibility index (Phi) is 8.35. The summed E-state index contributed by atoms with van der Waals surface area (Å²) in [6.07, 6.45) is 8.60. The lowest BCUT2D eigenvalue weighted by atomic mass is 10.1. The van der Waals surface area contributed by atoms with Crippen molar-refractivity contribution in [2.75, 3.05) is 49.3 Å². The number of hydrogen-bond donors (Lipinski definition) is 0. The van der Waals surface area contributed by atoms with Crippen molar-refractivity contribution in [3.63, 3.8) is 0 Å². The van der Waals surface area contributed by atoms with Crippen LogP contribution in [0.4, 0.5) is 22.7 Å². The molecule has 184 valence electrons. The summed E-state index contributed by atoms with van der Waals surface area (Å²) in [5.41, 5.74) is 5.02. The van der Waals surface area contributed by atoms with E-state index in [9.17, 15) is 0 Å². The molecule has 3 aliphatic rings. The predicted molar refractivity (Wildman–Crippen MR) is 135 cm³/mol. The Morgan fingerprint density at radius 1 is 0.618 bits per heavy atom. The Morgan fingerprint density at radius 3 is 1.38 bits per heavy atom. The van der Waals surface area contributed by atoms with Crippen LogP contribution in [0, 0.1) is 0 Å². The molecule has 2 aromatic rings. The zero-order valence-electron chi connectivity index (χ0n) is 20.2. The summed E-state index contributed by atoms with van der Waals surface area (Å²) in [4.78, 5) is 4.89. The van der Waals surface area contributed by atoms with E-state index in [-0.39, 0.29) is 12.6 Å². The molecule has 0 spiro atoms. The molecule has 2 atom stereocenters. The van der Waals surface area contributed by atoms with E-state index in [4.69, 9.17) is 18.9 Å². The third kappa shape index (κ3) is 5.74. The van der Waals surface area contributed by atoms with Crippen molar-refractivity contribution in [1.29, 1.82) is 0 Å². The smallest absolute Gasteiger partial charge is 0.157 e. The number of benzene rings is 2. The van der Waals surface area contributed by atoms with E-state index >= 15 is 0 Å². The van der Waals surface area contributed by atoms with Gasteiger partial charge in [-0.1, -0.05) is 24.3 Å². The molecule has 6 nitrogen and oxygen atoms in total. The van der Waals surface area contributed by atoms with E-state index in [1.807, 2.05) is 0 Å². The van der Waals surface area contributed by atoms with Gasteiger partial charge in [0.15, 0.2) is 12.6 Å². The lowest BCUT2D eigenvalue weighted by molar-refractivity contribution is -0.162. The fourth-order valence-electron chi connectivity index (χ4n) is 5.14. The van der Waals surface area contributed by atoms with Gasteiger partial charge < -0.3 is 28.7 Å². The van der Waals surface area contributed by atoms with Gasteiger partial charge >= 0.3 is 0 Å². The van der Waals surface area contributed by atoms with Gasteiger partial charge in [-0.3, -0.25) is 0 Å². The van der Waals surface area contributed by atoms with Crippen molar-refractivity contribution < 1.29 is 18.9 Å². The van der Waals surface area contributed by atoms with Crippen molar-refractivity contribution in [2.24, 2.45) is 0 Å². The lowest BCUT2D eigenvalue weighted by Gasteiger charge is -2.40. The van der Waals surface area contributed by atoms with E-state index in [1.165, 1.54) is 35.6 Å². The maximum atomic E-state index is 6.00. The number of nitrogens with zero attached hydrogens (tertiary/aromatic N) is 2. The molecule has 3 heterocycles. The molecule has 0 N–H and O–H groups in total. The van der Waals surface area contributed by atoms with Gasteiger partial charge in [0.1, 0.15) is 0 Å². The van der Waals surface area contributed by atoms with E-state index in [0.717, 1.165) is 78.0 Å². The van der Waals surface area contributed by atoms with Crippen LogP contribution in [-0.4, -0.2) is 52.1 Å². The maximum Gasteiger partial charge on any atom is 0.157 e. The fourth-order valence-corrected chi connectivity index (χ4v) is 5.14. The van der Waals surface area contributed by atoms with Crippen molar-refractivity contribution in [2.45, 2.75) is 63.9 Å². The molecule has 34 heavy (non-hydrogen) atoms. The first kappa shape index (κ1) is 23.6. The van der Waals surface area contributed by atoms with Crippen LogP contribution in [0.15, 0.2) is 48.5 Å². The minimum absolute atomic E-state index is 0.0219. The van der Waals surface area contributed by atoms with Crippen LogP contribution in [0.3, 0.4) is 0 Å². The lowest BCUT2D eigenvalue weighted by Crippen LogP contribution is -2.32. The summed E-state index contributed by atoms with van der Waals surface area (Å²) >= 11 is 0. The highest BCUT2D eigenvalue weighted by atomic mass is 16.7. The highest BCUT2D eigenvalue weighted by molar-refractivity contribution is 5.93. The molecule has 2 aromatic carbocycles. The van der Waals surface area contributed by atoms with Gasteiger partial charge in [0.25, 0.3) is 0 Å². The molecule has 0 saturated carbocycles. The van der Waals surface area contributed by atoms with Crippen LogP contribution in [0.2, 0.25) is 0 Å². The molecule has 0 bridgehead atoms. The number of ether oxygens (including phenoxy) is 4. The standard InChI is InChI=1S/C28H38N2O4/c1-2-12-24-23(11-1)29(17-9-21-33-27-15-5-7-19-31-27)25-13-3-4-14-26(25)30(24)18-10-22-34-28-16-6-8-20-32-28/h1-4,11-14,27-28H,5-10,15-22H2. The molecular weight excluding hydrogens is 428 g/mol. The van der Waals surface area contributed by atoms with Crippen LogP contribution in [0.5, 0.6) is 0 Å². The first-order chi connectivity index (χ1) is 16.9. The molecule has 0 aromatic heterocycles. The molecule has 2 saturated heterocycles. The minimum atomic E-state index is -0.0219. The summed E-state index contributed by atoms with van der Waals surface area (Å²) < 4.78 is 23.4. The van der Waals surface area contributed by atoms with Gasteiger partial charge in [0.2, 0.25) is 0 Å². The monoisotopic (exact) mass is 466 g/mol. The molecule has 0 aliphatic carbocycles. The molecule has 6 heteroatoms. The fraction of sp³-hybridized carbons (Fsp3) is 0.571. The maximum absolute atomic E-state index is 6.00. The van der Waals surface area contributed by atoms with Gasteiger partial charge in [0, 0.05) is 26.3 Å². The van der Waals surface area contributed by atoms with Gasteiger partial charge in [-0.15, -0.1) is 0 Å². The average Bonchev–Trinajstić information content (AvgIpc) is 2.90. The number of para-hydroxylation sites is 4. The van der Waals surface area contributed by atoms with Crippen LogP contribution in [0.1, 0.15) is 51.4 Å². The normalized spacial score (nSPS) is 22.4. The van der Waals surface area contributed by atoms with E-state index in [0.29, 0.717) is 0 Å². The second-order valence-electron chi connectivity index (χ2n) is 9.32. The quantitative estimate of drug-likeness (QED) is 0.392. The third-order valence-corrected chi connectivity index (χ3v) is 6.86. The molecule has 0 amide bonds. The average molecular weight is 467 g/mol. The molecule has 3 aliphatic heterocycles. The highest BCUT2D eigenvalue weighted by Crippen LogP contribution is 2.47. The van der Waals surface area contributed by atoms with E-state index in [1.54, 1.807) is 0 Å². The summed E-state index contributed by atoms with van der Waals surface area (Å²) in [6, 6.07) is 17.5. The highest BCUT2D eigenvalue weighted by Gasteiger charge is 2.27. The van der Waals surface area contributed by atoms with Crippen molar-refractivity contribution in [3.8, 4) is 0 Å². The minimum Gasteiger partial charge on any atom is -0.353 e. The summed E-state index contributed by atoms with van der Waals surface area (Å²) in [5, 5.41) is 0. The van der Waals surface area contributed by atoms with Crippen molar-refractivity contribution >= 4 is 22.7 Å². The molecule has 0 radical (unpaired) electrons. The van der Waals surface area contributed by atoms with Crippen LogP contribution >= 0.6 is 0 Å². The predicted octanol–water partition coefficient (Wildman–Crippen LogP) is 6.14. The molecular formula is C28H38N2O4. The summed E-state index contributed by atoms with van der Waals surface area (Å²) in [7, 11) is 0. The number of anilines is 4. The molecule has 5 rings (SSSR count). The number of fused-ring (bicyclic) bond motifs is 2. The van der Waals surface area contributed by atoms with Crippen LogP contribution in [-0.2, 0) is 18.9 Å². The van der Waals surface area contributed by atoms with E-state index < -0.39 is 0 Å². The second kappa shape index (κ2) is 12.0. The van der Waals surface area contributed by atoms with Gasteiger partial charge in [-0.25, -0.2) is 0 Å². The van der Waals surface area contributed by atoms with Crippen molar-refractivity contribution in [1.82, 2.24) is 0 Å². The van der Waals surface area contributed by atoms with Gasteiger partial charge in [-0.05, 0) is 75.6 Å². The summed E-state index contributed by atoms with van der Waals surface area (Å²) in [6.45, 7) is 4.91. The number of hydrogen-bond acceptors (Lipinski definition) is 6. The first-order valence-electron chi connectivity index (χ1n) is 13.1. The van der Waals surface area contributed by atoms with Gasteiger partial charge in [0.05, 0.1) is 36.0 Å². The topological polar surface area (TPSA) is 43.4 Å². The van der Waals surface area contributed by atoms with Crippen LogP contribution in [0.25, 0.3) is 0 Å². The largest absolute Gasteiger partial charge is 0.353 e. The van der Waals surface area contributed by atoms with Crippen molar-refractivity contribution in [3.05, 3.63) is 48.5 Å². The Bertz CT molecular complexity index is 776. The molecule has 2 unspecified atom stereocenters. The van der Waals surface area contributed by atoms with E-state index in [2.05, 4.69) is 58.3 Å². The first-order valence-corrected chi connectivity index (χ1v) is 13.1. The number of rotatable bonds is 10. The van der Waals surface area contributed by atoms with Gasteiger partial charge in [-0.2, -0.15) is 0 Å². The summed E-state index contributed by atoms with van der Waals surface area (Å²) in [5.74, 6) is 0. The molecule has 2 fully saturated rings. The third-order valence-electron chi connectivity index (χ3n) is 6.86. The van der Waals surface area contributed by atoms with Crippen LogP contribution < -0.4 is 9.80 Å². The Morgan fingerprint density at radius 2 is 1.03 bits per heavy atom. The Balaban J connectivity index is 1.22. The zero-order valence-corrected chi connectivity index (χ0v) is 20.2. The second-order valence-corrected chi connectivity index (χ2v) is 9.32. The Labute approximate surface area is 203 Å².